The summed E-state index contributed by atoms with van der Waals surface area (Å²) < 4.78 is 29.0. The number of halogens is 3. The molecule has 0 aliphatic rings. The van der Waals surface area contributed by atoms with Gasteiger partial charge in [-0.25, -0.2) is 8.42 Å². The van der Waals surface area contributed by atoms with E-state index >= 15 is 0 Å². The first-order valence-corrected chi connectivity index (χ1v) is 13.7. The fourth-order valence-corrected chi connectivity index (χ4v) is 5.75. The zero-order valence-corrected chi connectivity index (χ0v) is 22.7. The van der Waals surface area contributed by atoms with Crippen LogP contribution in [-0.4, -0.2) is 25.2 Å². The molecular weight excluding hydrogens is 559 g/mol. The second-order valence-electron chi connectivity index (χ2n) is 7.71. The van der Waals surface area contributed by atoms with Gasteiger partial charge in [-0.3, -0.25) is 4.79 Å². The van der Waals surface area contributed by atoms with Crippen molar-refractivity contribution in [2.75, 3.05) is 11.9 Å². The van der Waals surface area contributed by atoms with Crippen LogP contribution in [0.3, 0.4) is 0 Å². The number of amides is 1. The normalized spacial score (nSPS) is 11.6. The number of nitrogens with one attached hydrogen (secondary N) is 1. The van der Waals surface area contributed by atoms with Crippen LogP contribution >= 0.6 is 39.1 Å². The van der Waals surface area contributed by atoms with Crippen LogP contribution in [0.25, 0.3) is 0 Å². The molecule has 34 heavy (non-hydrogen) atoms. The monoisotopic (exact) mass is 582 g/mol. The van der Waals surface area contributed by atoms with Gasteiger partial charge in [0.15, 0.2) is 0 Å². The second kappa shape index (κ2) is 11.7. The Kier molecular flexibility index (Phi) is 9.18. The van der Waals surface area contributed by atoms with Crippen LogP contribution in [0.15, 0.2) is 70.0 Å². The van der Waals surface area contributed by atoms with E-state index in [2.05, 4.69) is 21.2 Å². The van der Waals surface area contributed by atoms with Crippen molar-refractivity contribution < 1.29 is 13.2 Å². The molecule has 0 aliphatic heterocycles. The van der Waals surface area contributed by atoms with Gasteiger partial charge in [-0.15, -0.1) is 0 Å². The zero-order chi connectivity index (χ0) is 24.9. The maximum absolute atomic E-state index is 13.5. The van der Waals surface area contributed by atoms with Crippen LogP contribution < -0.4 is 5.32 Å². The molecule has 3 aromatic carbocycles. The van der Waals surface area contributed by atoms with E-state index in [9.17, 15) is 13.2 Å². The Morgan fingerprint density at radius 1 is 0.912 bits per heavy atom. The first-order chi connectivity index (χ1) is 16.1. The lowest BCUT2D eigenvalue weighted by Gasteiger charge is -2.23. The van der Waals surface area contributed by atoms with Gasteiger partial charge in [0.2, 0.25) is 15.9 Å². The Morgan fingerprint density at radius 2 is 1.41 bits per heavy atom. The fraction of sp³-hybridized carbons (Fsp3) is 0.240. The van der Waals surface area contributed by atoms with Crippen molar-refractivity contribution in [1.29, 1.82) is 0 Å². The molecule has 0 fully saturated rings. The molecule has 0 heterocycles. The molecule has 0 atom stereocenters. The molecule has 5 nitrogen and oxygen atoms in total. The standard InChI is InChI=1S/C25H25BrCl2N2O3S/c1-3-18-13-20(26)14-19(4-2)25(18)29-24(31)16-30(15-17-5-7-21(27)8-6-17)34(32,33)23-11-9-22(28)10-12-23/h5-14H,3-4,15-16H2,1-2H3,(H,29,31). The number of hydrogen-bond acceptors (Lipinski definition) is 3. The first-order valence-electron chi connectivity index (χ1n) is 10.7. The molecule has 180 valence electrons. The molecule has 0 bridgehead atoms. The minimum absolute atomic E-state index is 0.0111. The summed E-state index contributed by atoms with van der Waals surface area (Å²) >= 11 is 15.4. The lowest BCUT2D eigenvalue weighted by Crippen LogP contribution is -2.37. The average molecular weight is 584 g/mol. The van der Waals surface area contributed by atoms with Gasteiger partial charge in [0.25, 0.3) is 0 Å². The first kappa shape index (κ1) is 26.7. The Morgan fingerprint density at radius 3 is 1.91 bits per heavy atom. The lowest BCUT2D eigenvalue weighted by molar-refractivity contribution is -0.116. The quantitative estimate of drug-likeness (QED) is 0.304. The molecule has 9 heteroatoms. The predicted molar refractivity (Wildman–Crippen MR) is 142 cm³/mol. The summed E-state index contributed by atoms with van der Waals surface area (Å²) in [6.45, 7) is 3.68. The van der Waals surface area contributed by atoms with Crippen molar-refractivity contribution in [2.24, 2.45) is 0 Å². The zero-order valence-electron chi connectivity index (χ0n) is 18.8. The maximum Gasteiger partial charge on any atom is 0.243 e. The van der Waals surface area contributed by atoms with E-state index in [4.69, 9.17) is 23.2 Å². The van der Waals surface area contributed by atoms with E-state index in [-0.39, 0.29) is 18.0 Å². The van der Waals surface area contributed by atoms with Gasteiger partial charge >= 0.3 is 0 Å². The van der Waals surface area contributed by atoms with Crippen molar-refractivity contribution in [2.45, 2.75) is 38.1 Å². The van der Waals surface area contributed by atoms with Crippen molar-refractivity contribution in [3.63, 3.8) is 0 Å². The van der Waals surface area contributed by atoms with Crippen LogP contribution in [0.2, 0.25) is 10.0 Å². The molecule has 0 saturated carbocycles. The molecule has 1 N–H and O–H groups in total. The number of carbonyl (C=O) groups is 1. The van der Waals surface area contributed by atoms with Crippen molar-refractivity contribution in [1.82, 2.24) is 4.31 Å². The minimum atomic E-state index is -3.98. The lowest BCUT2D eigenvalue weighted by atomic mass is 10.0. The molecule has 0 saturated heterocycles. The third-order valence-electron chi connectivity index (χ3n) is 5.34. The van der Waals surface area contributed by atoms with Gasteiger partial charge in [0, 0.05) is 26.8 Å². The molecule has 0 aliphatic carbocycles. The van der Waals surface area contributed by atoms with Crippen LogP contribution in [-0.2, 0) is 34.2 Å². The third-order valence-corrected chi connectivity index (χ3v) is 8.10. The number of anilines is 1. The third kappa shape index (κ3) is 6.61. The van der Waals surface area contributed by atoms with Gasteiger partial charge < -0.3 is 5.32 Å². The summed E-state index contributed by atoms with van der Waals surface area (Å²) in [5, 5.41) is 3.93. The molecule has 0 spiro atoms. The van der Waals surface area contributed by atoms with E-state index in [0.717, 1.165) is 38.4 Å². The highest BCUT2D eigenvalue weighted by atomic mass is 79.9. The van der Waals surface area contributed by atoms with Crippen LogP contribution in [0, 0.1) is 0 Å². The summed E-state index contributed by atoms with van der Waals surface area (Å²) in [6, 6.07) is 16.7. The Bertz CT molecular complexity index is 1240. The van der Waals surface area contributed by atoms with E-state index < -0.39 is 15.9 Å². The van der Waals surface area contributed by atoms with Gasteiger partial charge in [-0.1, -0.05) is 65.1 Å². The number of nitrogens with zero attached hydrogens (tertiary/aromatic N) is 1. The van der Waals surface area contributed by atoms with Crippen molar-refractivity contribution in [3.8, 4) is 0 Å². The summed E-state index contributed by atoms with van der Waals surface area (Å²) in [7, 11) is -3.98. The fourth-order valence-electron chi connectivity index (χ4n) is 3.56. The number of sulfonamides is 1. The molecular formula is C25H25BrCl2N2O3S. The van der Waals surface area contributed by atoms with Gasteiger partial charge in [0.05, 0.1) is 11.4 Å². The van der Waals surface area contributed by atoms with E-state index in [1.165, 1.54) is 24.3 Å². The summed E-state index contributed by atoms with van der Waals surface area (Å²) in [4.78, 5) is 13.2. The maximum atomic E-state index is 13.5. The molecule has 0 unspecified atom stereocenters. The van der Waals surface area contributed by atoms with Crippen molar-refractivity contribution >= 4 is 60.7 Å². The number of rotatable bonds is 9. The van der Waals surface area contributed by atoms with Crippen molar-refractivity contribution in [3.05, 3.63) is 91.9 Å². The highest BCUT2D eigenvalue weighted by molar-refractivity contribution is 9.10. The number of hydrogen-bond donors (Lipinski definition) is 1. The predicted octanol–water partition coefficient (Wildman–Crippen LogP) is 6.71. The Balaban J connectivity index is 1.93. The van der Waals surface area contributed by atoms with Crippen LogP contribution in [0.1, 0.15) is 30.5 Å². The highest BCUT2D eigenvalue weighted by Crippen LogP contribution is 2.28. The number of carbonyl (C=O) groups excluding carboxylic acids is 1. The summed E-state index contributed by atoms with van der Waals surface area (Å²) in [6.07, 6.45) is 1.44. The summed E-state index contributed by atoms with van der Waals surface area (Å²) in [5.74, 6) is -0.418. The minimum Gasteiger partial charge on any atom is -0.324 e. The van der Waals surface area contributed by atoms with Gasteiger partial charge in [-0.05, 0) is 78.1 Å². The Hall–Kier alpha value is -1.90. The van der Waals surface area contributed by atoms with E-state index in [1.54, 1.807) is 24.3 Å². The topological polar surface area (TPSA) is 66.5 Å². The van der Waals surface area contributed by atoms with E-state index in [0.29, 0.717) is 15.6 Å². The molecule has 0 aromatic heterocycles. The number of aryl methyl sites for hydroxylation is 2. The Labute approximate surface area is 219 Å². The smallest absolute Gasteiger partial charge is 0.243 e. The SMILES string of the molecule is CCc1cc(Br)cc(CC)c1NC(=O)CN(Cc1ccc(Cl)cc1)S(=O)(=O)c1ccc(Cl)cc1. The van der Waals surface area contributed by atoms with Gasteiger partial charge in [0.1, 0.15) is 0 Å². The van der Waals surface area contributed by atoms with Crippen LogP contribution in [0.5, 0.6) is 0 Å². The summed E-state index contributed by atoms with van der Waals surface area (Å²) in [5.41, 5.74) is 3.39. The van der Waals surface area contributed by atoms with E-state index in [1.807, 2.05) is 26.0 Å². The molecule has 1 amide bonds. The van der Waals surface area contributed by atoms with Gasteiger partial charge in [-0.2, -0.15) is 4.31 Å². The van der Waals surface area contributed by atoms with Crippen LogP contribution in [0.4, 0.5) is 5.69 Å². The largest absolute Gasteiger partial charge is 0.324 e. The highest BCUT2D eigenvalue weighted by Gasteiger charge is 2.27. The number of benzene rings is 3. The molecule has 0 radical (unpaired) electrons. The molecule has 3 rings (SSSR count). The molecule has 3 aromatic rings. The second-order valence-corrected chi connectivity index (χ2v) is 11.4. The average Bonchev–Trinajstić information content (AvgIpc) is 2.81.